The Bertz CT molecular complexity index is 337. The second-order valence-corrected chi connectivity index (χ2v) is 3.97. The average molecular weight is 204 g/mol. The molecule has 3 nitrogen and oxygen atoms in total. The first-order chi connectivity index (χ1) is 7.27. The van der Waals surface area contributed by atoms with E-state index in [2.05, 4.69) is 0 Å². The van der Waals surface area contributed by atoms with Crippen molar-refractivity contribution >= 4 is 11.6 Å². The fourth-order valence-corrected chi connectivity index (χ4v) is 1.89. The van der Waals surface area contributed by atoms with Gasteiger partial charge >= 0.3 is 0 Å². The molecule has 0 aliphatic carbocycles. The van der Waals surface area contributed by atoms with Crippen LogP contribution in [0.3, 0.4) is 0 Å². The summed E-state index contributed by atoms with van der Waals surface area (Å²) in [6.07, 6.45) is 2.26. The predicted molar refractivity (Wildman–Crippen MR) is 60.6 cm³/mol. The molecule has 2 rings (SSSR count). The molecule has 0 radical (unpaired) electrons. The molecule has 0 spiro atoms. The van der Waals surface area contributed by atoms with Crippen molar-refractivity contribution in [3.8, 4) is 0 Å². The first kappa shape index (κ1) is 10.2. The highest BCUT2D eigenvalue weighted by atomic mass is 16.2. The molecule has 0 bridgehead atoms. The Morgan fingerprint density at radius 3 is 2.67 bits per heavy atom. The molecular formula is C12H16N2O. The van der Waals surface area contributed by atoms with Crippen LogP contribution in [-0.2, 0) is 4.79 Å². The molecule has 2 N–H and O–H groups in total. The van der Waals surface area contributed by atoms with Crippen molar-refractivity contribution in [3.63, 3.8) is 0 Å². The van der Waals surface area contributed by atoms with E-state index in [0.29, 0.717) is 6.42 Å². The van der Waals surface area contributed by atoms with Gasteiger partial charge in [0.05, 0.1) is 0 Å². The van der Waals surface area contributed by atoms with E-state index in [1.165, 1.54) is 0 Å². The van der Waals surface area contributed by atoms with Crippen LogP contribution in [0.5, 0.6) is 0 Å². The van der Waals surface area contributed by atoms with Crippen molar-refractivity contribution in [2.24, 2.45) is 5.73 Å². The maximum absolute atomic E-state index is 11.8. The molecule has 1 aromatic rings. The van der Waals surface area contributed by atoms with Gasteiger partial charge in [0.2, 0.25) is 5.91 Å². The summed E-state index contributed by atoms with van der Waals surface area (Å²) in [7, 11) is 0. The van der Waals surface area contributed by atoms with Crippen molar-refractivity contribution in [1.29, 1.82) is 0 Å². The van der Waals surface area contributed by atoms with Crippen molar-refractivity contribution in [2.75, 3.05) is 11.4 Å². The predicted octanol–water partition coefficient (Wildman–Crippen LogP) is 1.53. The minimum atomic E-state index is 0.169. The van der Waals surface area contributed by atoms with E-state index >= 15 is 0 Å². The number of benzene rings is 1. The van der Waals surface area contributed by atoms with Crippen molar-refractivity contribution in [2.45, 2.75) is 25.3 Å². The van der Waals surface area contributed by atoms with E-state index in [0.717, 1.165) is 25.1 Å². The Hall–Kier alpha value is -1.35. The molecule has 1 fully saturated rings. The van der Waals surface area contributed by atoms with Crippen LogP contribution in [0.1, 0.15) is 19.3 Å². The standard InChI is InChI=1S/C12H16N2O/c13-10-6-7-12(15)14(9-8-10)11-4-2-1-3-5-11/h1-5,10H,6-9,13H2. The molecule has 0 saturated carbocycles. The number of amides is 1. The van der Waals surface area contributed by atoms with Crippen LogP contribution in [-0.4, -0.2) is 18.5 Å². The molecule has 1 amide bonds. The first-order valence-corrected chi connectivity index (χ1v) is 5.38. The fraction of sp³-hybridized carbons (Fsp3) is 0.417. The van der Waals surface area contributed by atoms with E-state index in [4.69, 9.17) is 5.73 Å². The van der Waals surface area contributed by atoms with Crippen molar-refractivity contribution in [3.05, 3.63) is 30.3 Å². The van der Waals surface area contributed by atoms with Gasteiger partial charge in [-0.15, -0.1) is 0 Å². The van der Waals surface area contributed by atoms with E-state index in [-0.39, 0.29) is 11.9 Å². The Morgan fingerprint density at radius 1 is 1.20 bits per heavy atom. The zero-order valence-electron chi connectivity index (χ0n) is 8.73. The molecule has 1 unspecified atom stereocenters. The number of anilines is 1. The molecule has 1 aliphatic heterocycles. The van der Waals surface area contributed by atoms with Crippen LogP contribution in [0, 0.1) is 0 Å². The van der Waals surface area contributed by atoms with Crippen molar-refractivity contribution in [1.82, 2.24) is 0 Å². The van der Waals surface area contributed by atoms with Crippen LogP contribution >= 0.6 is 0 Å². The minimum Gasteiger partial charge on any atom is -0.328 e. The van der Waals surface area contributed by atoms with Crippen LogP contribution < -0.4 is 10.6 Å². The molecule has 1 aromatic carbocycles. The lowest BCUT2D eigenvalue weighted by Gasteiger charge is -2.20. The summed E-state index contributed by atoms with van der Waals surface area (Å²) in [4.78, 5) is 13.7. The number of nitrogens with two attached hydrogens (primary N) is 1. The molecule has 80 valence electrons. The lowest BCUT2D eigenvalue weighted by Crippen LogP contribution is -2.30. The lowest BCUT2D eigenvalue weighted by molar-refractivity contribution is -0.118. The summed E-state index contributed by atoms with van der Waals surface area (Å²) in [6, 6.07) is 9.96. The topological polar surface area (TPSA) is 46.3 Å². The highest BCUT2D eigenvalue weighted by Crippen LogP contribution is 2.19. The summed E-state index contributed by atoms with van der Waals surface area (Å²) in [5.41, 5.74) is 6.84. The number of carbonyl (C=O) groups excluding carboxylic acids is 1. The number of hydrogen-bond acceptors (Lipinski definition) is 2. The third kappa shape index (κ3) is 2.36. The molecular weight excluding hydrogens is 188 g/mol. The van der Waals surface area contributed by atoms with Gasteiger partial charge in [0.25, 0.3) is 0 Å². The third-order valence-corrected chi connectivity index (χ3v) is 2.82. The van der Waals surface area contributed by atoms with Crippen LogP contribution in [0.15, 0.2) is 30.3 Å². The Kier molecular flexibility index (Phi) is 3.02. The van der Waals surface area contributed by atoms with Crippen LogP contribution in [0.25, 0.3) is 0 Å². The summed E-state index contributed by atoms with van der Waals surface area (Å²) >= 11 is 0. The lowest BCUT2D eigenvalue weighted by atomic mass is 10.1. The number of carbonyl (C=O) groups is 1. The van der Waals surface area contributed by atoms with E-state index < -0.39 is 0 Å². The summed E-state index contributed by atoms with van der Waals surface area (Å²) in [6.45, 7) is 0.740. The van der Waals surface area contributed by atoms with E-state index in [1.54, 1.807) is 0 Å². The molecule has 15 heavy (non-hydrogen) atoms. The fourth-order valence-electron chi connectivity index (χ4n) is 1.89. The highest BCUT2D eigenvalue weighted by molar-refractivity contribution is 5.93. The van der Waals surface area contributed by atoms with Gasteiger partial charge in [-0.3, -0.25) is 4.79 Å². The highest BCUT2D eigenvalue weighted by Gasteiger charge is 2.21. The Labute approximate surface area is 89.9 Å². The van der Waals surface area contributed by atoms with Gasteiger partial charge < -0.3 is 10.6 Å². The summed E-state index contributed by atoms with van der Waals surface area (Å²) < 4.78 is 0. The quantitative estimate of drug-likeness (QED) is 0.754. The SMILES string of the molecule is NC1CCC(=O)N(c2ccccc2)CC1. The largest absolute Gasteiger partial charge is 0.328 e. The van der Waals surface area contributed by atoms with Gasteiger partial charge in [-0.05, 0) is 25.0 Å². The van der Waals surface area contributed by atoms with Gasteiger partial charge in [-0.2, -0.15) is 0 Å². The number of nitrogens with zero attached hydrogens (tertiary/aromatic N) is 1. The molecule has 1 saturated heterocycles. The Balaban J connectivity index is 2.17. The van der Waals surface area contributed by atoms with Gasteiger partial charge in [0.1, 0.15) is 0 Å². The van der Waals surface area contributed by atoms with Gasteiger partial charge in [-0.25, -0.2) is 0 Å². The van der Waals surface area contributed by atoms with Gasteiger partial charge in [0, 0.05) is 24.7 Å². The van der Waals surface area contributed by atoms with Gasteiger partial charge in [-0.1, -0.05) is 18.2 Å². The maximum Gasteiger partial charge on any atom is 0.227 e. The minimum absolute atomic E-state index is 0.169. The number of rotatable bonds is 1. The summed E-state index contributed by atoms with van der Waals surface area (Å²) in [5, 5.41) is 0. The van der Waals surface area contributed by atoms with E-state index in [1.807, 2.05) is 35.2 Å². The first-order valence-electron chi connectivity index (χ1n) is 5.38. The molecule has 0 aromatic heterocycles. The smallest absolute Gasteiger partial charge is 0.227 e. The molecule has 3 heteroatoms. The Morgan fingerprint density at radius 2 is 1.93 bits per heavy atom. The average Bonchev–Trinajstić information content (AvgIpc) is 2.43. The van der Waals surface area contributed by atoms with E-state index in [9.17, 15) is 4.79 Å². The van der Waals surface area contributed by atoms with Crippen LogP contribution in [0.2, 0.25) is 0 Å². The van der Waals surface area contributed by atoms with Crippen LogP contribution in [0.4, 0.5) is 5.69 Å². The van der Waals surface area contributed by atoms with Crippen molar-refractivity contribution < 1.29 is 4.79 Å². The normalized spacial score (nSPS) is 22.6. The second kappa shape index (κ2) is 4.45. The molecule has 1 aliphatic rings. The molecule has 1 atom stereocenters. The third-order valence-electron chi connectivity index (χ3n) is 2.82. The number of para-hydroxylation sites is 1. The number of hydrogen-bond donors (Lipinski definition) is 1. The second-order valence-electron chi connectivity index (χ2n) is 3.97. The zero-order valence-corrected chi connectivity index (χ0v) is 8.73. The molecule has 1 heterocycles. The summed E-state index contributed by atoms with van der Waals surface area (Å²) in [5.74, 6) is 0.189. The van der Waals surface area contributed by atoms with Gasteiger partial charge in [0.15, 0.2) is 0 Å². The monoisotopic (exact) mass is 204 g/mol. The zero-order chi connectivity index (χ0) is 10.7. The maximum atomic E-state index is 11.8.